The minimum absolute atomic E-state index is 0.153. The summed E-state index contributed by atoms with van der Waals surface area (Å²) in [7, 11) is 1.54. The van der Waals surface area contributed by atoms with E-state index in [1.165, 1.54) is 0 Å². The first kappa shape index (κ1) is 15.9. The Hall–Kier alpha value is -2.99. The van der Waals surface area contributed by atoms with E-state index in [1.807, 2.05) is 12.1 Å². The Morgan fingerprint density at radius 3 is 2.83 bits per heavy atom. The summed E-state index contributed by atoms with van der Waals surface area (Å²) >= 11 is 5.94. The van der Waals surface area contributed by atoms with Gasteiger partial charge in [0.05, 0.1) is 12.7 Å². The van der Waals surface area contributed by atoms with E-state index in [2.05, 4.69) is 15.5 Å². The average molecular weight is 343 g/mol. The van der Waals surface area contributed by atoms with Gasteiger partial charge in [-0.1, -0.05) is 23.7 Å². The number of rotatable bonds is 4. The highest BCUT2D eigenvalue weighted by Crippen LogP contribution is 2.20. The number of hydrogen-bond donors (Lipinski definition) is 3. The Labute approximate surface area is 143 Å². The van der Waals surface area contributed by atoms with Gasteiger partial charge >= 0.3 is 0 Å². The number of nitrogens with zero attached hydrogens (tertiary/aromatic N) is 1. The van der Waals surface area contributed by atoms with Crippen LogP contribution in [0.5, 0.6) is 5.75 Å². The summed E-state index contributed by atoms with van der Waals surface area (Å²) in [5, 5.41) is 5.38. The van der Waals surface area contributed by atoms with Crippen LogP contribution in [0, 0.1) is 0 Å². The van der Waals surface area contributed by atoms with E-state index in [9.17, 15) is 4.79 Å². The van der Waals surface area contributed by atoms with Gasteiger partial charge in [0.2, 0.25) is 0 Å². The van der Waals surface area contributed by atoms with Crippen LogP contribution in [0.4, 0.5) is 0 Å². The number of amidine groups is 1. The van der Waals surface area contributed by atoms with Crippen molar-refractivity contribution in [2.75, 3.05) is 7.11 Å². The molecule has 122 valence electrons. The number of nitrogens with one attached hydrogen (secondary N) is 2. The first-order valence-corrected chi connectivity index (χ1v) is 7.51. The van der Waals surface area contributed by atoms with Crippen molar-refractivity contribution >= 4 is 34.2 Å². The van der Waals surface area contributed by atoms with Crippen LogP contribution in [0.1, 0.15) is 16.1 Å². The lowest BCUT2D eigenvalue weighted by Gasteiger charge is -2.07. The minimum atomic E-state index is -0.403. The van der Waals surface area contributed by atoms with Gasteiger partial charge < -0.3 is 15.5 Å². The zero-order valence-electron chi connectivity index (χ0n) is 12.8. The Morgan fingerprint density at radius 1 is 1.25 bits per heavy atom. The number of aromatic amines is 1. The number of fused-ring (bicyclic) bond motifs is 1. The normalized spacial score (nSPS) is 11.5. The largest absolute Gasteiger partial charge is 0.496 e. The average Bonchev–Trinajstić information content (AvgIpc) is 3.02. The summed E-state index contributed by atoms with van der Waals surface area (Å²) in [6.07, 6.45) is 0. The summed E-state index contributed by atoms with van der Waals surface area (Å²) in [6.45, 7) is 0. The van der Waals surface area contributed by atoms with Gasteiger partial charge in [-0.3, -0.25) is 4.79 Å². The lowest BCUT2D eigenvalue weighted by Crippen LogP contribution is -2.24. The van der Waals surface area contributed by atoms with Crippen LogP contribution >= 0.6 is 11.6 Å². The number of carbonyl (C=O) groups is 1. The number of nitrogens with two attached hydrogens (primary N) is 1. The Bertz CT molecular complexity index is 933. The van der Waals surface area contributed by atoms with Crippen molar-refractivity contribution in [1.29, 1.82) is 0 Å². The smallest absolute Gasteiger partial charge is 0.287 e. The molecule has 0 unspecified atom stereocenters. The van der Waals surface area contributed by atoms with E-state index in [0.717, 1.165) is 10.9 Å². The molecule has 0 saturated heterocycles. The molecule has 0 aliphatic rings. The number of H-pyrrole nitrogens is 1. The van der Waals surface area contributed by atoms with Crippen LogP contribution in [0.25, 0.3) is 10.9 Å². The van der Waals surface area contributed by atoms with Crippen molar-refractivity contribution in [2.45, 2.75) is 0 Å². The van der Waals surface area contributed by atoms with Gasteiger partial charge in [0.25, 0.3) is 5.91 Å². The van der Waals surface area contributed by atoms with Crippen molar-refractivity contribution in [3.8, 4) is 5.75 Å². The zero-order chi connectivity index (χ0) is 17.1. The Kier molecular flexibility index (Phi) is 4.39. The molecular weight excluding hydrogens is 328 g/mol. The molecule has 0 saturated carbocycles. The van der Waals surface area contributed by atoms with Crippen LogP contribution in [-0.2, 0) is 0 Å². The lowest BCUT2D eigenvalue weighted by molar-refractivity contribution is 0.0950. The fraction of sp³-hybridized carbons (Fsp3) is 0.0588. The van der Waals surface area contributed by atoms with Gasteiger partial charge in [-0.2, -0.15) is 5.10 Å². The monoisotopic (exact) mass is 342 g/mol. The van der Waals surface area contributed by atoms with E-state index >= 15 is 0 Å². The third-order valence-corrected chi connectivity index (χ3v) is 3.72. The third-order valence-electron chi connectivity index (χ3n) is 3.49. The van der Waals surface area contributed by atoms with Gasteiger partial charge in [-0.05, 0) is 36.4 Å². The van der Waals surface area contributed by atoms with Gasteiger partial charge in [-0.25, -0.2) is 5.43 Å². The van der Waals surface area contributed by atoms with Crippen molar-refractivity contribution in [3.05, 3.63) is 64.8 Å². The first-order chi connectivity index (χ1) is 11.6. The number of halogens is 1. The Balaban J connectivity index is 1.80. The maximum atomic E-state index is 12.2. The molecule has 1 amide bonds. The zero-order valence-corrected chi connectivity index (χ0v) is 13.6. The van der Waals surface area contributed by atoms with Gasteiger partial charge in [0.1, 0.15) is 11.4 Å². The van der Waals surface area contributed by atoms with E-state index in [-0.39, 0.29) is 5.84 Å². The van der Waals surface area contributed by atoms with E-state index in [0.29, 0.717) is 22.0 Å². The minimum Gasteiger partial charge on any atom is -0.496 e. The van der Waals surface area contributed by atoms with Crippen molar-refractivity contribution < 1.29 is 9.53 Å². The van der Waals surface area contributed by atoms with Gasteiger partial charge in [0, 0.05) is 15.9 Å². The number of para-hydroxylation sites is 1. The molecule has 0 radical (unpaired) electrons. The van der Waals surface area contributed by atoms with E-state index in [1.54, 1.807) is 43.5 Å². The molecule has 0 spiro atoms. The molecular formula is C17H15ClN4O2. The predicted molar refractivity (Wildman–Crippen MR) is 94.5 cm³/mol. The summed E-state index contributed by atoms with van der Waals surface area (Å²) in [5.41, 5.74) is 10.1. The molecule has 0 fully saturated rings. The molecule has 7 heteroatoms. The van der Waals surface area contributed by atoms with Crippen LogP contribution in [0.15, 0.2) is 53.6 Å². The molecule has 0 atom stereocenters. The number of carbonyl (C=O) groups excluding carboxylic acids is 1. The number of hydrogen-bond acceptors (Lipinski definition) is 3. The molecule has 6 nitrogen and oxygen atoms in total. The molecule has 1 aromatic heterocycles. The van der Waals surface area contributed by atoms with Crippen LogP contribution in [0.2, 0.25) is 5.02 Å². The highest BCUT2D eigenvalue weighted by molar-refractivity contribution is 6.31. The maximum Gasteiger partial charge on any atom is 0.287 e. The van der Waals surface area contributed by atoms with Crippen molar-refractivity contribution in [2.24, 2.45) is 10.8 Å². The molecule has 24 heavy (non-hydrogen) atoms. The number of aromatic nitrogens is 1. The second-order valence-electron chi connectivity index (χ2n) is 5.05. The number of ether oxygens (including phenoxy) is 1. The van der Waals surface area contributed by atoms with Gasteiger partial charge in [-0.15, -0.1) is 0 Å². The summed E-state index contributed by atoms with van der Waals surface area (Å²) < 4.78 is 5.22. The molecule has 0 aliphatic heterocycles. The van der Waals surface area contributed by atoms with Crippen LogP contribution in [-0.4, -0.2) is 23.8 Å². The molecule has 1 heterocycles. The highest BCUT2D eigenvalue weighted by atomic mass is 35.5. The van der Waals surface area contributed by atoms with Crippen molar-refractivity contribution in [1.82, 2.24) is 10.4 Å². The topological polar surface area (TPSA) is 92.5 Å². The third kappa shape index (κ3) is 3.18. The number of benzene rings is 2. The number of methoxy groups -OCH3 is 1. The second kappa shape index (κ2) is 6.64. The molecule has 2 aromatic carbocycles. The first-order valence-electron chi connectivity index (χ1n) is 7.13. The van der Waals surface area contributed by atoms with E-state index in [4.69, 9.17) is 22.1 Å². The fourth-order valence-corrected chi connectivity index (χ4v) is 2.49. The SMILES string of the molecule is COc1ccccc1/C(N)=N/NC(=O)c1cc2cc(Cl)ccc2[nH]1. The predicted octanol–water partition coefficient (Wildman–Crippen LogP) is 2.88. The maximum absolute atomic E-state index is 12.2. The summed E-state index contributed by atoms with van der Waals surface area (Å²) in [5.74, 6) is 0.327. The second-order valence-corrected chi connectivity index (χ2v) is 5.49. The lowest BCUT2D eigenvalue weighted by atomic mass is 10.2. The highest BCUT2D eigenvalue weighted by Gasteiger charge is 2.11. The van der Waals surface area contributed by atoms with Crippen molar-refractivity contribution in [3.63, 3.8) is 0 Å². The standard InChI is InChI=1S/C17H15ClN4O2/c1-24-15-5-3-2-4-12(15)16(19)21-22-17(23)14-9-10-8-11(18)6-7-13(10)20-14/h2-9,20H,1H3,(H2,19,21)(H,22,23). The molecule has 0 aliphatic carbocycles. The van der Waals surface area contributed by atoms with Crippen LogP contribution < -0.4 is 15.9 Å². The number of hydrazone groups is 1. The summed E-state index contributed by atoms with van der Waals surface area (Å²) in [4.78, 5) is 15.2. The quantitative estimate of drug-likeness (QED) is 0.386. The Morgan fingerprint density at radius 2 is 2.04 bits per heavy atom. The number of amides is 1. The molecule has 4 N–H and O–H groups in total. The van der Waals surface area contributed by atoms with Gasteiger partial charge in [0.15, 0.2) is 5.84 Å². The fourth-order valence-electron chi connectivity index (χ4n) is 2.31. The molecule has 3 rings (SSSR count). The molecule has 3 aromatic rings. The summed E-state index contributed by atoms with van der Waals surface area (Å²) in [6, 6.07) is 14.2. The van der Waals surface area contributed by atoms with Crippen LogP contribution in [0.3, 0.4) is 0 Å². The van der Waals surface area contributed by atoms with E-state index < -0.39 is 5.91 Å². The molecule has 0 bridgehead atoms.